The van der Waals surface area contributed by atoms with Crippen LogP contribution in [0.5, 0.6) is 5.75 Å². The van der Waals surface area contributed by atoms with Gasteiger partial charge in [-0.15, -0.1) is 11.6 Å². The number of halogens is 2. The predicted molar refractivity (Wildman–Crippen MR) is 75.2 cm³/mol. The molecule has 104 valence electrons. The zero-order valence-corrected chi connectivity index (χ0v) is 12.2. The minimum atomic E-state index is -0.344. The van der Waals surface area contributed by atoms with E-state index in [4.69, 9.17) is 21.1 Å². The van der Waals surface area contributed by atoms with Gasteiger partial charge in [0.2, 0.25) is 0 Å². The molecule has 0 aliphatic heterocycles. The quantitative estimate of drug-likeness (QED) is 0.607. The van der Waals surface area contributed by atoms with Crippen molar-refractivity contribution in [1.82, 2.24) is 0 Å². The van der Waals surface area contributed by atoms with Crippen LogP contribution >= 0.6 is 11.6 Å². The van der Waals surface area contributed by atoms with E-state index >= 15 is 0 Å². The van der Waals surface area contributed by atoms with Crippen molar-refractivity contribution in [2.45, 2.75) is 25.9 Å². The standard InChI is InChI=1S/C15H18ClFO2/c1-15(2,18-3)8-10-19-14-7-6-13(17)11-12(14)5-4-9-16/h6-7,11H,8-10H2,1-3H3. The van der Waals surface area contributed by atoms with E-state index in [2.05, 4.69) is 11.8 Å². The Bertz CT molecular complexity index is 475. The van der Waals surface area contributed by atoms with E-state index in [0.717, 1.165) is 6.42 Å². The SMILES string of the molecule is COC(C)(C)CCOc1ccc(F)cc1C#CCCl. The van der Waals surface area contributed by atoms with Crippen molar-refractivity contribution in [2.75, 3.05) is 19.6 Å². The van der Waals surface area contributed by atoms with Crippen molar-refractivity contribution in [2.24, 2.45) is 0 Å². The number of alkyl halides is 1. The van der Waals surface area contributed by atoms with Gasteiger partial charge in [-0.05, 0) is 32.0 Å². The molecule has 2 nitrogen and oxygen atoms in total. The van der Waals surface area contributed by atoms with Crippen LogP contribution in [0.4, 0.5) is 4.39 Å². The molecule has 0 aliphatic carbocycles. The van der Waals surface area contributed by atoms with Crippen molar-refractivity contribution >= 4 is 11.6 Å². The van der Waals surface area contributed by atoms with Crippen LogP contribution in [-0.4, -0.2) is 25.2 Å². The Hall–Kier alpha value is -1.24. The molecule has 0 amide bonds. The van der Waals surface area contributed by atoms with Crippen LogP contribution < -0.4 is 4.74 Å². The van der Waals surface area contributed by atoms with E-state index in [-0.39, 0.29) is 17.3 Å². The first-order chi connectivity index (χ1) is 8.98. The Morgan fingerprint density at radius 2 is 2.11 bits per heavy atom. The lowest BCUT2D eigenvalue weighted by atomic mass is 10.1. The first-order valence-electron chi connectivity index (χ1n) is 6.01. The van der Waals surface area contributed by atoms with Gasteiger partial charge < -0.3 is 9.47 Å². The third kappa shape index (κ3) is 5.50. The number of hydrogen-bond donors (Lipinski definition) is 0. The van der Waals surface area contributed by atoms with Crippen LogP contribution in [0, 0.1) is 17.7 Å². The van der Waals surface area contributed by atoms with E-state index in [1.807, 2.05) is 13.8 Å². The molecule has 0 bridgehead atoms. The van der Waals surface area contributed by atoms with Gasteiger partial charge in [0.05, 0.1) is 23.7 Å². The molecule has 0 N–H and O–H groups in total. The molecule has 0 aromatic heterocycles. The number of ether oxygens (including phenoxy) is 2. The van der Waals surface area contributed by atoms with Crippen LogP contribution in [0.3, 0.4) is 0 Å². The zero-order chi connectivity index (χ0) is 14.3. The summed E-state index contributed by atoms with van der Waals surface area (Å²) in [6.07, 6.45) is 0.725. The van der Waals surface area contributed by atoms with E-state index in [0.29, 0.717) is 17.9 Å². The van der Waals surface area contributed by atoms with Gasteiger partial charge in [-0.3, -0.25) is 0 Å². The molecule has 0 saturated carbocycles. The van der Waals surface area contributed by atoms with Gasteiger partial charge >= 0.3 is 0 Å². The minimum absolute atomic E-state index is 0.201. The monoisotopic (exact) mass is 284 g/mol. The fourth-order valence-electron chi connectivity index (χ4n) is 1.36. The van der Waals surface area contributed by atoms with Crippen molar-refractivity contribution in [3.8, 4) is 17.6 Å². The molecule has 1 aromatic carbocycles. The summed E-state index contributed by atoms with van der Waals surface area (Å²) in [6, 6.07) is 4.27. The summed E-state index contributed by atoms with van der Waals surface area (Å²) in [4.78, 5) is 0. The molecule has 0 spiro atoms. The van der Waals surface area contributed by atoms with Gasteiger partial charge in [0.1, 0.15) is 11.6 Å². The van der Waals surface area contributed by atoms with E-state index in [1.165, 1.54) is 12.1 Å². The lowest BCUT2D eigenvalue weighted by Crippen LogP contribution is -2.25. The Morgan fingerprint density at radius 3 is 2.74 bits per heavy atom. The fourth-order valence-corrected chi connectivity index (χ4v) is 1.43. The Kier molecular flexibility index (Phi) is 6.14. The Balaban J connectivity index is 2.72. The summed E-state index contributed by atoms with van der Waals surface area (Å²) in [5.41, 5.74) is 0.262. The highest BCUT2D eigenvalue weighted by atomic mass is 35.5. The topological polar surface area (TPSA) is 18.5 Å². The number of hydrogen-bond acceptors (Lipinski definition) is 2. The first-order valence-corrected chi connectivity index (χ1v) is 6.54. The van der Waals surface area contributed by atoms with Crippen LogP contribution in [0.2, 0.25) is 0 Å². The molecule has 19 heavy (non-hydrogen) atoms. The van der Waals surface area contributed by atoms with Crippen LogP contribution in [-0.2, 0) is 4.74 Å². The first kappa shape index (κ1) is 15.8. The number of rotatable bonds is 5. The van der Waals surface area contributed by atoms with E-state index < -0.39 is 0 Å². The number of benzene rings is 1. The summed E-state index contributed by atoms with van der Waals surface area (Å²) in [7, 11) is 1.66. The summed E-state index contributed by atoms with van der Waals surface area (Å²) in [6.45, 7) is 4.44. The molecule has 0 radical (unpaired) electrons. The maximum Gasteiger partial charge on any atom is 0.135 e. The second kappa shape index (κ2) is 7.37. The summed E-state index contributed by atoms with van der Waals surface area (Å²) in [5.74, 6) is 5.90. The van der Waals surface area contributed by atoms with Gasteiger partial charge in [0.25, 0.3) is 0 Å². The zero-order valence-electron chi connectivity index (χ0n) is 11.4. The largest absolute Gasteiger partial charge is 0.492 e. The van der Waals surface area contributed by atoms with Gasteiger partial charge in [0.15, 0.2) is 0 Å². The summed E-state index contributed by atoms with van der Waals surface area (Å²) >= 11 is 5.50. The lowest BCUT2D eigenvalue weighted by Gasteiger charge is -2.22. The van der Waals surface area contributed by atoms with Crippen LogP contribution in [0.1, 0.15) is 25.8 Å². The molecule has 1 aromatic rings. The van der Waals surface area contributed by atoms with Gasteiger partial charge in [0, 0.05) is 13.5 Å². The molecule has 0 heterocycles. The van der Waals surface area contributed by atoms with Crippen molar-refractivity contribution in [3.05, 3.63) is 29.6 Å². The molecule has 4 heteroatoms. The smallest absolute Gasteiger partial charge is 0.135 e. The fraction of sp³-hybridized carbons (Fsp3) is 0.467. The number of methoxy groups -OCH3 is 1. The molecule has 0 aliphatic rings. The maximum absolute atomic E-state index is 13.2. The Morgan fingerprint density at radius 1 is 1.37 bits per heavy atom. The molecule has 0 atom stereocenters. The molecule has 1 rings (SSSR count). The predicted octanol–water partition coefficient (Wildman–Crippen LogP) is 3.61. The second-order valence-corrected chi connectivity index (χ2v) is 4.91. The van der Waals surface area contributed by atoms with Crippen LogP contribution in [0.15, 0.2) is 18.2 Å². The summed E-state index contributed by atoms with van der Waals surface area (Å²) < 4.78 is 24.1. The molecule has 0 fully saturated rings. The Labute approximate surface area is 118 Å². The average molecular weight is 285 g/mol. The van der Waals surface area contributed by atoms with Gasteiger partial charge in [-0.2, -0.15) is 0 Å². The van der Waals surface area contributed by atoms with Crippen molar-refractivity contribution < 1.29 is 13.9 Å². The lowest BCUT2D eigenvalue weighted by molar-refractivity contribution is 0.00542. The minimum Gasteiger partial charge on any atom is -0.492 e. The summed E-state index contributed by atoms with van der Waals surface area (Å²) in [5, 5.41) is 0. The van der Waals surface area contributed by atoms with Crippen molar-refractivity contribution in [3.63, 3.8) is 0 Å². The van der Waals surface area contributed by atoms with E-state index in [1.54, 1.807) is 13.2 Å². The van der Waals surface area contributed by atoms with Crippen molar-refractivity contribution in [1.29, 1.82) is 0 Å². The van der Waals surface area contributed by atoms with E-state index in [9.17, 15) is 4.39 Å². The third-order valence-corrected chi connectivity index (χ3v) is 2.88. The highest BCUT2D eigenvalue weighted by Crippen LogP contribution is 2.20. The molecule has 0 unspecified atom stereocenters. The van der Waals surface area contributed by atoms with Gasteiger partial charge in [-0.25, -0.2) is 4.39 Å². The highest BCUT2D eigenvalue weighted by Gasteiger charge is 2.16. The maximum atomic E-state index is 13.2. The van der Waals surface area contributed by atoms with Crippen LogP contribution in [0.25, 0.3) is 0 Å². The second-order valence-electron chi connectivity index (χ2n) is 4.64. The molecule has 0 saturated heterocycles. The normalized spacial score (nSPS) is 10.8. The molecular formula is C15H18ClFO2. The highest BCUT2D eigenvalue weighted by molar-refractivity contribution is 6.19. The molecular weight excluding hydrogens is 267 g/mol. The van der Waals surface area contributed by atoms with Gasteiger partial charge in [-0.1, -0.05) is 11.8 Å². The third-order valence-electron chi connectivity index (χ3n) is 2.75. The average Bonchev–Trinajstić information content (AvgIpc) is 2.38.